The Morgan fingerprint density at radius 2 is 2.50 bits per heavy atom. The highest BCUT2D eigenvalue weighted by atomic mass is 32.1. The van der Waals surface area contributed by atoms with E-state index in [4.69, 9.17) is 4.74 Å². The molecule has 0 amide bonds. The van der Waals surface area contributed by atoms with Gasteiger partial charge >= 0.3 is 5.00 Å². The van der Waals surface area contributed by atoms with Crippen LogP contribution in [-0.2, 0) is 11.3 Å². The lowest BCUT2D eigenvalue weighted by atomic mass is 10.1. The fourth-order valence-corrected chi connectivity index (χ4v) is 2.48. The number of nitro groups is 1. The number of nitrogens with one attached hydrogen (secondary N) is 1. The molecule has 1 aromatic rings. The van der Waals surface area contributed by atoms with E-state index in [1.165, 1.54) is 11.3 Å². The van der Waals surface area contributed by atoms with Crippen molar-refractivity contribution in [3.8, 4) is 0 Å². The molecule has 2 rings (SSSR count). The smallest absolute Gasteiger partial charge is 0.324 e. The van der Waals surface area contributed by atoms with E-state index >= 15 is 0 Å². The third kappa shape index (κ3) is 3.01. The minimum atomic E-state index is -0.349. The molecular weight excluding hydrogens is 228 g/mol. The molecular formula is C10H14N2O3S. The highest BCUT2D eigenvalue weighted by Gasteiger charge is 2.14. The number of rotatable bonds is 4. The van der Waals surface area contributed by atoms with E-state index in [2.05, 4.69) is 5.32 Å². The molecule has 1 aromatic heterocycles. The summed E-state index contributed by atoms with van der Waals surface area (Å²) in [5.74, 6) is 0. The lowest BCUT2D eigenvalue weighted by molar-refractivity contribution is -0.380. The van der Waals surface area contributed by atoms with E-state index in [1.807, 2.05) is 0 Å². The summed E-state index contributed by atoms with van der Waals surface area (Å²) < 4.78 is 5.35. The standard InChI is InChI=1S/C10H14N2O3S/c13-12(14)10-4-3-9(16-10)6-11-8-2-1-5-15-7-8/h3-4,8,11H,1-2,5-7H2. The van der Waals surface area contributed by atoms with Gasteiger partial charge in [-0.25, -0.2) is 0 Å². The van der Waals surface area contributed by atoms with Gasteiger partial charge in [0.25, 0.3) is 0 Å². The highest BCUT2D eigenvalue weighted by Crippen LogP contribution is 2.23. The van der Waals surface area contributed by atoms with E-state index in [9.17, 15) is 10.1 Å². The van der Waals surface area contributed by atoms with Gasteiger partial charge in [0, 0.05) is 30.1 Å². The quantitative estimate of drug-likeness (QED) is 0.647. The van der Waals surface area contributed by atoms with Gasteiger partial charge in [-0.3, -0.25) is 10.1 Å². The molecule has 1 fully saturated rings. The van der Waals surface area contributed by atoms with Crippen molar-refractivity contribution in [3.63, 3.8) is 0 Å². The predicted molar refractivity (Wildman–Crippen MR) is 61.7 cm³/mol. The molecule has 1 aliphatic heterocycles. The van der Waals surface area contributed by atoms with Crippen LogP contribution in [0.15, 0.2) is 12.1 Å². The second kappa shape index (κ2) is 5.38. The minimum Gasteiger partial charge on any atom is -0.380 e. The Bertz CT molecular complexity index is 361. The van der Waals surface area contributed by atoms with Crippen LogP contribution < -0.4 is 5.32 Å². The van der Waals surface area contributed by atoms with E-state index in [-0.39, 0.29) is 9.92 Å². The fourth-order valence-electron chi connectivity index (χ4n) is 1.71. The van der Waals surface area contributed by atoms with Crippen molar-refractivity contribution in [1.82, 2.24) is 5.32 Å². The van der Waals surface area contributed by atoms with E-state index in [0.29, 0.717) is 12.6 Å². The minimum absolute atomic E-state index is 0.205. The zero-order valence-corrected chi connectivity index (χ0v) is 9.66. The molecule has 0 aliphatic carbocycles. The highest BCUT2D eigenvalue weighted by molar-refractivity contribution is 7.15. The number of hydrogen-bond acceptors (Lipinski definition) is 5. The first-order chi connectivity index (χ1) is 7.75. The van der Waals surface area contributed by atoms with Crippen molar-refractivity contribution in [1.29, 1.82) is 0 Å². The zero-order valence-electron chi connectivity index (χ0n) is 8.85. The van der Waals surface area contributed by atoms with Crippen LogP contribution in [0.5, 0.6) is 0 Å². The Labute approximate surface area is 97.6 Å². The predicted octanol–water partition coefficient (Wildman–Crippen LogP) is 1.92. The molecule has 0 saturated carbocycles. The Morgan fingerprint density at radius 3 is 3.12 bits per heavy atom. The maximum atomic E-state index is 10.5. The molecule has 0 aromatic carbocycles. The first kappa shape index (κ1) is 11.5. The molecule has 0 spiro atoms. The van der Waals surface area contributed by atoms with Gasteiger partial charge in [-0.05, 0) is 18.9 Å². The number of nitrogens with zero attached hydrogens (tertiary/aromatic N) is 1. The molecule has 0 bridgehead atoms. The molecule has 2 heterocycles. The van der Waals surface area contributed by atoms with Crippen molar-refractivity contribution in [2.45, 2.75) is 25.4 Å². The third-order valence-electron chi connectivity index (χ3n) is 2.55. The van der Waals surface area contributed by atoms with E-state index in [0.717, 1.165) is 30.9 Å². The van der Waals surface area contributed by atoms with Crippen LogP contribution in [0.4, 0.5) is 5.00 Å². The van der Waals surface area contributed by atoms with Crippen molar-refractivity contribution >= 4 is 16.3 Å². The number of thiophene rings is 1. The molecule has 6 heteroatoms. The number of hydrogen-bond donors (Lipinski definition) is 1. The molecule has 1 N–H and O–H groups in total. The molecule has 1 unspecified atom stereocenters. The average Bonchev–Trinajstić information content (AvgIpc) is 2.76. The summed E-state index contributed by atoms with van der Waals surface area (Å²) in [6.07, 6.45) is 2.20. The normalized spacial score (nSPS) is 20.9. The molecule has 1 aliphatic rings. The molecule has 0 radical (unpaired) electrons. The summed E-state index contributed by atoms with van der Waals surface area (Å²) in [6.45, 7) is 2.28. The first-order valence-corrected chi connectivity index (χ1v) is 6.11. The Kier molecular flexibility index (Phi) is 3.87. The molecule has 88 valence electrons. The second-order valence-electron chi connectivity index (χ2n) is 3.79. The number of ether oxygens (including phenoxy) is 1. The summed E-state index contributed by atoms with van der Waals surface area (Å²) in [5.41, 5.74) is 0. The Morgan fingerprint density at radius 1 is 1.62 bits per heavy atom. The van der Waals surface area contributed by atoms with Gasteiger partial charge in [-0.15, -0.1) is 0 Å². The second-order valence-corrected chi connectivity index (χ2v) is 4.94. The monoisotopic (exact) mass is 242 g/mol. The van der Waals surface area contributed by atoms with Crippen LogP contribution in [-0.4, -0.2) is 24.2 Å². The summed E-state index contributed by atoms with van der Waals surface area (Å²) in [5, 5.41) is 14.1. The summed E-state index contributed by atoms with van der Waals surface area (Å²) in [7, 11) is 0. The van der Waals surface area contributed by atoms with E-state index in [1.54, 1.807) is 12.1 Å². The van der Waals surface area contributed by atoms with Crippen LogP contribution in [0.2, 0.25) is 0 Å². The van der Waals surface area contributed by atoms with Crippen molar-refractivity contribution < 1.29 is 9.66 Å². The Balaban J connectivity index is 1.81. The summed E-state index contributed by atoms with van der Waals surface area (Å²) in [4.78, 5) is 11.1. The van der Waals surface area contributed by atoms with Crippen LogP contribution in [0.1, 0.15) is 17.7 Å². The van der Waals surface area contributed by atoms with Gasteiger partial charge in [-0.2, -0.15) is 0 Å². The largest absolute Gasteiger partial charge is 0.380 e. The maximum absolute atomic E-state index is 10.5. The van der Waals surface area contributed by atoms with Crippen molar-refractivity contribution in [2.24, 2.45) is 0 Å². The van der Waals surface area contributed by atoms with Crippen molar-refractivity contribution in [2.75, 3.05) is 13.2 Å². The van der Waals surface area contributed by atoms with Crippen LogP contribution in [0, 0.1) is 10.1 Å². The van der Waals surface area contributed by atoms with Gasteiger partial charge in [-0.1, -0.05) is 11.3 Å². The first-order valence-electron chi connectivity index (χ1n) is 5.30. The van der Waals surface area contributed by atoms with Crippen LogP contribution >= 0.6 is 11.3 Å². The fraction of sp³-hybridized carbons (Fsp3) is 0.600. The van der Waals surface area contributed by atoms with Crippen LogP contribution in [0.3, 0.4) is 0 Å². The molecule has 5 nitrogen and oxygen atoms in total. The van der Waals surface area contributed by atoms with Gasteiger partial charge in [0.2, 0.25) is 0 Å². The van der Waals surface area contributed by atoms with Gasteiger partial charge in [0.05, 0.1) is 11.5 Å². The average molecular weight is 242 g/mol. The van der Waals surface area contributed by atoms with Crippen molar-refractivity contribution in [3.05, 3.63) is 27.1 Å². The lowest BCUT2D eigenvalue weighted by Gasteiger charge is -2.22. The SMILES string of the molecule is O=[N+]([O-])c1ccc(CNC2CCCOC2)s1. The third-order valence-corrected chi connectivity index (χ3v) is 3.59. The maximum Gasteiger partial charge on any atom is 0.324 e. The molecule has 1 atom stereocenters. The molecule has 16 heavy (non-hydrogen) atoms. The van der Waals surface area contributed by atoms with Crippen LogP contribution in [0.25, 0.3) is 0 Å². The molecule has 1 saturated heterocycles. The summed E-state index contributed by atoms with van der Waals surface area (Å²) >= 11 is 1.23. The topological polar surface area (TPSA) is 64.4 Å². The summed E-state index contributed by atoms with van der Waals surface area (Å²) in [6, 6.07) is 3.74. The van der Waals surface area contributed by atoms with Gasteiger partial charge in [0.15, 0.2) is 0 Å². The zero-order chi connectivity index (χ0) is 11.4. The van der Waals surface area contributed by atoms with E-state index < -0.39 is 0 Å². The van der Waals surface area contributed by atoms with Gasteiger partial charge < -0.3 is 10.1 Å². The van der Waals surface area contributed by atoms with Gasteiger partial charge in [0.1, 0.15) is 0 Å². The lowest BCUT2D eigenvalue weighted by Crippen LogP contribution is -2.36. The Hall–Kier alpha value is -0.980.